The molecule has 0 bridgehead atoms. The average Bonchev–Trinajstić information content (AvgIpc) is 2.55. The van der Waals surface area contributed by atoms with Crippen LogP contribution < -0.4 is 10.1 Å². The van der Waals surface area contributed by atoms with Crippen LogP contribution in [-0.2, 0) is 4.79 Å². The first kappa shape index (κ1) is 17.4. The van der Waals surface area contributed by atoms with E-state index in [2.05, 4.69) is 5.32 Å². The van der Waals surface area contributed by atoms with Crippen molar-refractivity contribution in [2.75, 3.05) is 0 Å². The van der Waals surface area contributed by atoms with Gasteiger partial charge in [0.05, 0.1) is 11.0 Å². The van der Waals surface area contributed by atoms with Gasteiger partial charge in [-0.05, 0) is 43.7 Å². The molecule has 0 aliphatic rings. The molecule has 1 amide bonds. The van der Waals surface area contributed by atoms with Gasteiger partial charge in [-0.2, -0.15) is 0 Å². The molecule has 0 saturated carbocycles. The van der Waals surface area contributed by atoms with Crippen molar-refractivity contribution in [2.24, 2.45) is 0 Å². The number of nitrogens with one attached hydrogen (secondary N) is 1. The third-order valence-corrected chi connectivity index (χ3v) is 3.46. The Labute approximate surface area is 138 Å². The second-order valence-corrected chi connectivity index (χ2v) is 5.29. The van der Waals surface area contributed by atoms with Crippen LogP contribution >= 0.6 is 0 Å². The highest BCUT2D eigenvalue weighted by molar-refractivity contribution is 5.81. The standard InChI is InChI=1S/C17H17FN2O4/c1-11(13-3-5-14(18)6-4-13)19-17(21)12(2)24-16-9-7-15(8-10-16)20(22)23/h3-12H,1-2H3,(H,19,21)/t11-,12-/m0/s1. The SMILES string of the molecule is C[C@H](Oc1ccc([N+](=O)[O-])cc1)C(=O)N[C@@H](C)c1ccc(F)cc1. The molecule has 0 aromatic heterocycles. The van der Waals surface area contributed by atoms with Gasteiger partial charge in [-0.1, -0.05) is 12.1 Å². The molecule has 0 aliphatic carbocycles. The maximum absolute atomic E-state index is 12.9. The van der Waals surface area contributed by atoms with E-state index in [9.17, 15) is 19.3 Å². The normalized spacial score (nSPS) is 13.0. The Morgan fingerprint density at radius 3 is 2.25 bits per heavy atom. The van der Waals surface area contributed by atoms with Crippen LogP contribution in [0.4, 0.5) is 10.1 Å². The number of nitrogens with zero attached hydrogens (tertiary/aromatic N) is 1. The molecular formula is C17H17FN2O4. The van der Waals surface area contributed by atoms with Crippen molar-refractivity contribution in [3.63, 3.8) is 0 Å². The maximum Gasteiger partial charge on any atom is 0.269 e. The van der Waals surface area contributed by atoms with E-state index in [1.54, 1.807) is 26.0 Å². The third kappa shape index (κ3) is 4.52. The summed E-state index contributed by atoms with van der Waals surface area (Å²) < 4.78 is 18.4. The van der Waals surface area contributed by atoms with Gasteiger partial charge in [-0.3, -0.25) is 14.9 Å². The Bertz CT molecular complexity index is 716. The van der Waals surface area contributed by atoms with E-state index in [1.165, 1.54) is 36.4 Å². The summed E-state index contributed by atoms with van der Waals surface area (Å²) in [6.45, 7) is 3.36. The molecule has 0 saturated heterocycles. The van der Waals surface area contributed by atoms with Crippen LogP contribution in [0.5, 0.6) is 5.75 Å². The number of carbonyl (C=O) groups is 1. The van der Waals surface area contributed by atoms with E-state index in [-0.39, 0.29) is 23.5 Å². The molecule has 126 valence electrons. The number of ether oxygens (including phenoxy) is 1. The van der Waals surface area contributed by atoms with Crippen LogP contribution in [0.1, 0.15) is 25.5 Å². The maximum atomic E-state index is 12.9. The van der Waals surface area contributed by atoms with Crippen molar-refractivity contribution in [3.8, 4) is 5.75 Å². The summed E-state index contributed by atoms with van der Waals surface area (Å²) in [6.07, 6.45) is -0.783. The van der Waals surface area contributed by atoms with Gasteiger partial charge in [0.25, 0.3) is 11.6 Å². The van der Waals surface area contributed by atoms with Gasteiger partial charge in [0, 0.05) is 12.1 Å². The summed E-state index contributed by atoms with van der Waals surface area (Å²) in [6, 6.07) is 11.0. The molecule has 2 aromatic carbocycles. The zero-order valence-electron chi connectivity index (χ0n) is 13.2. The molecule has 2 atom stereocenters. The van der Waals surface area contributed by atoms with Crippen molar-refractivity contribution >= 4 is 11.6 Å². The Kier molecular flexibility index (Phi) is 5.47. The summed E-state index contributed by atoms with van der Waals surface area (Å²) in [4.78, 5) is 22.2. The summed E-state index contributed by atoms with van der Waals surface area (Å²) in [5.74, 6) is -0.324. The van der Waals surface area contributed by atoms with Crippen LogP contribution in [0.15, 0.2) is 48.5 Å². The number of halogens is 1. The number of non-ortho nitro benzene ring substituents is 1. The van der Waals surface area contributed by atoms with Gasteiger partial charge in [0.15, 0.2) is 6.10 Å². The Hall–Kier alpha value is -2.96. The molecule has 1 N–H and O–H groups in total. The number of nitro benzene ring substituents is 1. The number of nitro groups is 1. The molecule has 7 heteroatoms. The first-order chi connectivity index (χ1) is 11.4. The Morgan fingerprint density at radius 2 is 1.71 bits per heavy atom. The van der Waals surface area contributed by atoms with E-state index in [0.717, 1.165) is 5.56 Å². The molecule has 0 aliphatic heterocycles. The molecule has 6 nitrogen and oxygen atoms in total. The Morgan fingerprint density at radius 1 is 1.12 bits per heavy atom. The Balaban J connectivity index is 1.93. The van der Waals surface area contributed by atoms with Crippen molar-refractivity contribution in [1.29, 1.82) is 0 Å². The lowest BCUT2D eigenvalue weighted by molar-refractivity contribution is -0.384. The first-order valence-electron chi connectivity index (χ1n) is 7.34. The predicted molar refractivity (Wildman–Crippen MR) is 86.1 cm³/mol. The van der Waals surface area contributed by atoms with Gasteiger partial charge in [-0.25, -0.2) is 4.39 Å². The second-order valence-electron chi connectivity index (χ2n) is 5.29. The van der Waals surface area contributed by atoms with Crippen molar-refractivity contribution in [2.45, 2.75) is 26.0 Å². The molecule has 0 radical (unpaired) electrons. The van der Waals surface area contributed by atoms with Crippen molar-refractivity contribution < 1.29 is 18.8 Å². The topological polar surface area (TPSA) is 81.5 Å². The van der Waals surface area contributed by atoms with E-state index >= 15 is 0 Å². The second kappa shape index (κ2) is 7.54. The lowest BCUT2D eigenvalue weighted by Gasteiger charge is -2.19. The number of hydrogen-bond donors (Lipinski definition) is 1. The van der Waals surface area contributed by atoms with Crippen LogP contribution in [0.25, 0.3) is 0 Å². The summed E-state index contributed by atoms with van der Waals surface area (Å²) in [7, 11) is 0. The lowest BCUT2D eigenvalue weighted by atomic mass is 10.1. The minimum absolute atomic E-state index is 0.0515. The molecule has 2 aromatic rings. The fraction of sp³-hybridized carbons (Fsp3) is 0.235. The zero-order valence-corrected chi connectivity index (χ0v) is 13.2. The fourth-order valence-electron chi connectivity index (χ4n) is 2.07. The lowest BCUT2D eigenvalue weighted by Crippen LogP contribution is -2.37. The summed E-state index contributed by atoms with van der Waals surface area (Å²) in [5.41, 5.74) is 0.719. The largest absolute Gasteiger partial charge is 0.481 e. The third-order valence-electron chi connectivity index (χ3n) is 3.46. The van der Waals surface area contributed by atoms with E-state index in [4.69, 9.17) is 4.74 Å². The number of rotatable bonds is 6. The molecular weight excluding hydrogens is 315 g/mol. The zero-order chi connectivity index (χ0) is 17.7. The van der Waals surface area contributed by atoms with Crippen molar-refractivity contribution in [3.05, 3.63) is 70.0 Å². The summed E-state index contributed by atoms with van der Waals surface area (Å²) >= 11 is 0. The number of carbonyl (C=O) groups excluding carboxylic acids is 1. The van der Waals surface area contributed by atoms with E-state index < -0.39 is 11.0 Å². The highest BCUT2D eigenvalue weighted by atomic mass is 19.1. The number of amides is 1. The fourth-order valence-corrected chi connectivity index (χ4v) is 2.07. The first-order valence-corrected chi connectivity index (χ1v) is 7.34. The van der Waals surface area contributed by atoms with Gasteiger partial charge in [-0.15, -0.1) is 0 Å². The monoisotopic (exact) mass is 332 g/mol. The predicted octanol–water partition coefficient (Wildman–Crippen LogP) is 3.38. The quantitative estimate of drug-likeness (QED) is 0.649. The molecule has 24 heavy (non-hydrogen) atoms. The number of hydrogen-bond acceptors (Lipinski definition) is 4. The van der Waals surface area contributed by atoms with E-state index in [0.29, 0.717) is 5.75 Å². The van der Waals surface area contributed by atoms with Crippen molar-refractivity contribution in [1.82, 2.24) is 5.32 Å². The van der Waals surface area contributed by atoms with Gasteiger partial charge in [0.1, 0.15) is 11.6 Å². The van der Waals surface area contributed by atoms with Crippen LogP contribution in [-0.4, -0.2) is 16.9 Å². The van der Waals surface area contributed by atoms with Crippen LogP contribution in [0.2, 0.25) is 0 Å². The minimum atomic E-state index is -0.783. The highest BCUT2D eigenvalue weighted by Gasteiger charge is 2.18. The smallest absolute Gasteiger partial charge is 0.269 e. The minimum Gasteiger partial charge on any atom is -0.481 e. The number of benzene rings is 2. The van der Waals surface area contributed by atoms with Gasteiger partial charge >= 0.3 is 0 Å². The van der Waals surface area contributed by atoms with Crippen LogP contribution in [0, 0.1) is 15.9 Å². The van der Waals surface area contributed by atoms with Crippen LogP contribution in [0.3, 0.4) is 0 Å². The highest BCUT2D eigenvalue weighted by Crippen LogP contribution is 2.19. The molecule has 0 fully saturated rings. The van der Waals surface area contributed by atoms with Gasteiger partial charge in [0.2, 0.25) is 0 Å². The average molecular weight is 332 g/mol. The molecule has 0 spiro atoms. The molecule has 0 unspecified atom stereocenters. The molecule has 2 rings (SSSR count). The van der Waals surface area contributed by atoms with E-state index in [1.807, 2.05) is 0 Å². The molecule has 0 heterocycles. The van der Waals surface area contributed by atoms with Gasteiger partial charge < -0.3 is 10.1 Å². The summed E-state index contributed by atoms with van der Waals surface area (Å²) in [5, 5.41) is 13.4.